The average Bonchev–Trinajstić information content (AvgIpc) is 2.20. The maximum atomic E-state index is 11.7. The van der Waals surface area contributed by atoms with Gasteiger partial charge in [-0.05, 0) is 27.2 Å². The van der Waals surface area contributed by atoms with E-state index in [1.54, 1.807) is 20.8 Å². The first kappa shape index (κ1) is 17.7. The summed E-state index contributed by atoms with van der Waals surface area (Å²) < 4.78 is 5.15. The minimum atomic E-state index is -1.22. The Balaban J connectivity index is 4.78. The zero-order valence-electron chi connectivity index (χ0n) is 12.8. The van der Waals surface area contributed by atoms with Gasteiger partial charge in [0.1, 0.15) is 11.6 Å². The van der Waals surface area contributed by atoms with E-state index in [1.807, 2.05) is 6.92 Å². The Labute approximate surface area is 115 Å². The van der Waals surface area contributed by atoms with Gasteiger partial charge in [-0.1, -0.05) is 19.8 Å². The summed E-state index contributed by atoms with van der Waals surface area (Å²) >= 11 is 0. The van der Waals surface area contributed by atoms with Crippen LogP contribution in [0.5, 0.6) is 0 Å². The van der Waals surface area contributed by atoms with Gasteiger partial charge in [-0.3, -0.25) is 10.1 Å². The molecule has 1 N–H and O–H groups in total. The van der Waals surface area contributed by atoms with E-state index in [-0.39, 0.29) is 4.92 Å². The molecule has 0 radical (unpaired) electrons. The van der Waals surface area contributed by atoms with E-state index in [1.165, 1.54) is 13.8 Å². The minimum Gasteiger partial charge on any atom is -0.444 e. The van der Waals surface area contributed by atoms with Crippen LogP contribution < -0.4 is 5.32 Å². The fraction of sp³-hybridized carbons (Fsp3) is 0.923. The molecule has 112 valence electrons. The van der Waals surface area contributed by atoms with Crippen molar-refractivity contribution in [2.24, 2.45) is 0 Å². The fourth-order valence-electron chi connectivity index (χ4n) is 1.59. The highest BCUT2D eigenvalue weighted by Crippen LogP contribution is 2.19. The molecule has 0 aromatic carbocycles. The van der Waals surface area contributed by atoms with Crippen molar-refractivity contribution >= 4 is 6.09 Å². The van der Waals surface area contributed by atoms with Crippen molar-refractivity contribution in [2.45, 2.75) is 78.0 Å². The molecule has 0 saturated heterocycles. The molecule has 0 fully saturated rings. The number of nitrogens with one attached hydrogen (secondary N) is 1. The standard InChI is InChI=1S/C13H26N2O4/c1-7-8-9-10(13(5,6)15(17)18)14-11(16)19-12(2,3)4/h10H,7-9H2,1-6H3,(H,14,16). The molecule has 0 aromatic heterocycles. The number of amides is 1. The lowest BCUT2D eigenvalue weighted by molar-refractivity contribution is -0.565. The first-order valence-electron chi connectivity index (χ1n) is 6.64. The van der Waals surface area contributed by atoms with E-state index in [0.717, 1.165) is 12.8 Å². The molecule has 0 heterocycles. The molecule has 19 heavy (non-hydrogen) atoms. The maximum absolute atomic E-state index is 11.7. The van der Waals surface area contributed by atoms with Crippen molar-refractivity contribution in [3.63, 3.8) is 0 Å². The van der Waals surface area contributed by atoms with Gasteiger partial charge in [-0.15, -0.1) is 0 Å². The number of ether oxygens (including phenoxy) is 1. The molecule has 6 heteroatoms. The van der Waals surface area contributed by atoms with Crippen molar-refractivity contribution < 1.29 is 14.5 Å². The molecule has 0 aromatic rings. The summed E-state index contributed by atoms with van der Waals surface area (Å²) in [5, 5.41) is 13.7. The van der Waals surface area contributed by atoms with Crippen LogP contribution in [0, 0.1) is 10.1 Å². The van der Waals surface area contributed by atoms with Crippen LogP contribution in [-0.4, -0.2) is 28.2 Å². The van der Waals surface area contributed by atoms with Gasteiger partial charge >= 0.3 is 6.09 Å². The summed E-state index contributed by atoms with van der Waals surface area (Å²) in [4.78, 5) is 22.5. The molecule has 6 nitrogen and oxygen atoms in total. The van der Waals surface area contributed by atoms with Crippen molar-refractivity contribution in [3.05, 3.63) is 10.1 Å². The van der Waals surface area contributed by atoms with E-state index >= 15 is 0 Å². The summed E-state index contributed by atoms with van der Waals surface area (Å²) in [6.07, 6.45) is 1.69. The third kappa shape index (κ3) is 6.40. The monoisotopic (exact) mass is 274 g/mol. The zero-order chi connectivity index (χ0) is 15.3. The third-order valence-corrected chi connectivity index (χ3v) is 2.86. The number of nitrogens with zero attached hydrogens (tertiary/aromatic N) is 1. The second-order valence-corrected chi connectivity index (χ2v) is 6.25. The van der Waals surface area contributed by atoms with Crippen LogP contribution in [-0.2, 0) is 4.74 Å². The first-order valence-corrected chi connectivity index (χ1v) is 6.64. The molecule has 0 aliphatic rings. The molecular formula is C13H26N2O4. The van der Waals surface area contributed by atoms with Crippen LogP contribution >= 0.6 is 0 Å². The Morgan fingerprint density at radius 3 is 2.21 bits per heavy atom. The molecule has 1 unspecified atom stereocenters. The van der Waals surface area contributed by atoms with Crippen molar-refractivity contribution in [1.29, 1.82) is 0 Å². The predicted molar refractivity (Wildman–Crippen MR) is 73.8 cm³/mol. The molecule has 1 atom stereocenters. The SMILES string of the molecule is CCCCC(NC(=O)OC(C)(C)C)C(C)(C)[N+](=O)[O-]. The topological polar surface area (TPSA) is 81.5 Å². The lowest BCUT2D eigenvalue weighted by Crippen LogP contribution is -2.54. The van der Waals surface area contributed by atoms with E-state index in [9.17, 15) is 14.9 Å². The number of nitro groups is 1. The number of carbonyl (C=O) groups is 1. The molecule has 0 bridgehead atoms. The van der Waals surface area contributed by atoms with Gasteiger partial charge in [0.05, 0.1) is 0 Å². The molecule has 0 aliphatic carbocycles. The zero-order valence-corrected chi connectivity index (χ0v) is 12.8. The second kappa shape index (κ2) is 6.73. The average molecular weight is 274 g/mol. The van der Waals surface area contributed by atoms with Crippen molar-refractivity contribution in [3.8, 4) is 0 Å². The molecular weight excluding hydrogens is 248 g/mol. The summed E-state index contributed by atoms with van der Waals surface area (Å²) in [5.74, 6) is 0. The number of rotatable bonds is 6. The third-order valence-electron chi connectivity index (χ3n) is 2.86. The fourth-order valence-corrected chi connectivity index (χ4v) is 1.59. The number of carbonyl (C=O) groups excluding carboxylic acids is 1. The molecule has 0 aliphatic heterocycles. The Bertz CT molecular complexity index is 321. The van der Waals surface area contributed by atoms with E-state index in [2.05, 4.69) is 5.32 Å². The summed E-state index contributed by atoms with van der Waals surface area (Å²) in [7, 11) is 0. The number of hydrogen-bond acceptors (Lipinski definition) is 4. The number of alkyl carbamates (subject to hydrolysis) is 1. The first-order chi connectivity index (χ1) is 8.50. The van der Waals surface area contributed by atoms with Crippen molar-refractivity contribution in [2.75, 3.05) is 0 Å². The highest BCUT2D eigenvalue weighted by atomic mass is 16.6. The predicted octanol–water partition coefficient (Wildman–Crippen LogP) is 3.13. The maximum Gasteiger partial charge on any atom is 0.408 e. The smallest absolute Gasteiger partial charge is 0.408 e. The van der Waals surface area contributed by atoms with Crippen LogP contribution in [0.2, 0.25) is 0 Å². The number of hydrogen-bond donors (Lipinski definition) is 1. The summed E-state index contributed by atoms with van der Waals surface area (Å²) in [6.45, 7) is 10.3. The van der Waals surface area contributed by atoms with Crippen LogP contribution in [0.1, 0.15) is 60.8 Å². The van der Waals surface area contributed by atoms with Gasteiger partial charge in [0.2, 0.25) is 5.54 Å². The van der Waals surface area contributed by atoms with Gasteiger partial charge in [-0.2, -0.15) is 0 Å². The Morgan fingerprint density at radius 2 is 1.84 bits per heavy atom. The number of unbranched alkanes of at least 4 members (excludes halogenated alkanes) is 1. The van der Waals surface area contributed by atoms with Crippen LogP contribution in [0.25, 0.3) is 0 Å². The Kier molecular flexibility index (Phi) is 6.25. The van der Waals surface area contributed by atoms with Crippen LogP contribution in [0.15, 0.2) is 0 Å². The molecule has 0 spiro atoms. The van der Waals surface area contributed by atoms with Crippen LogP contribution in [0.3, 0.4) is 0 Å². The Hall–Kier alpha value is -1.33. The summed E-state index contributed by atoms with van der Waals surface area (Å²) in [5.41, 5.74) is -1.83. The van der Waals surface area contributed by atoms with E-state index in [0.29, 0.717) is 6.42 Å². The normalized spacial score (nSPS) is 13.8. The van der Waals surface area contributed by atoms with Crippen LogP contribution in [0.4, 0.5) is 4.79 Å². The molecule has 0 rings (SSSR count). The second-order valence-electron chi connectivity index (χ2n) is 6.25. The van der Waals surface area contributed by atoms with Gasteiger partial charge < -0.3 is 10.1 Å². The van der Waals surface area contributed by atoms with Gasteiger partial charge in [0.15, 0.2) is 0 Å². The molecule has 0 saturated carbocycles. The Morgan fingerprint density at radius 1 is 1.32 bits per heavy atom. The molecule has 1 amide bonds. The van der Waals surface area contributed by atoms with Gasteiger partial charge in [0, 0.05) is 18.8 Å². The quantitative estimate of drug-likeness (QED) is 0.596. The lowest BCUT2D eigenvalue weighted by Gasteiger charge is -2.29. The largest absolute Gasteiger partial charge is 0.444 e. The minimum absolute atomic E-state index is 0.356. The van der Waals surface area contributed by atoms with Crippen molar-refractivity contribution in [1.82, 2.24) is 5.32 Å². The summed E-state index contributed by atoms with van der Waals surface area (Å²) in [6, 6.07) is -0.544. The van der Waals surface area contributed by atoms with Gasteiger partial charge in [-0.25, -0.2) is 4.79 Å². The van der Waals surface area contributed by atoms with Gasteiger partial charge in [0.25, 0.3) is 0 Å². The highest BCUT2D eigenvalue weighted by Gasteiger charge is 2.41. The lowest BCUT2D eigenvalue weighted by atomic mass is 9.91. The van der Waals surface area contributed by atoms with E-state index in [4.69, 9.17) is 4.74 Å². The van der Waals surface area contributed by atoms with E-state index < -0.39 is 23.3 Å². The highest BCUT2D eigenvalue weighted by molar-refractivity contribution is 5.68.